The van der Waals surface area contributed by atoms with Gasteiger partial charge in [-0.05, 0) is 60.3 Å². The molecule has 1 heterocycles. The molecule has 1 fully saturated rings. The first-order valence-corrected chi connectivity index (χ1v) is 21.4. The van der Waals surface area contributed by atoms with E-state index in [0.29, 0.717) is 12.5 Å². The zero-order valence-electron chi connectivity index (χ0n) is 24.4. The van der Waals surface area contributed by atoms with Crippen LogP contribution in [-0.4, -0.2) is 56.4 Å². The summed E-state index contributed by atoms with van der Waals surface area (Å²) in [5.74, 6) is 0.406. The molecule has 7 heteroatoms. The molecule has 4 nitrogen and oxygen atoms in total. The second kappa shape index (κ2) is 9.86. The van der Waals surface area contributed by atoms with Crippen LogP contribution in [0.3, 0.4) is 0 Å². The minimum absolute atomic E-state index is 0.0125. The maximum Gasteiger partial charge on any atom is 0.192 e. The molecule has 0 radical (unpaired) electrons. The van der Waals surface area contributed by atoms with E-state index in [-0.39, 0.29) is 33.4 Å². The van der Waals surface area contributed by atoms with Crippen LogP contribution in [0.5, 0.6) is 0 Å². The highest BCUT2D eigenvalue weighted by Crippen LogP contribution is 2.43. The van der Waals surface area contributed by atoms with Gasteiger partial charge in [0.25, 0.3) is 0 Å². The number of rotatable bonds is 7. The molecule has 0 aromatic heterocycles. The Kier molecular flexibility index (Phi) is 9.40. The molecule has 0 amide bonds. The summed E-state index contributed by atoms with van der Waals surface area (Å²) in [7, 11) is -5.77. The van der Waals surface area contributed by atoms with E-state index in [2.05, 4.69) is 114 Å². The molecule has 192 valence electrons. The Morgan fingerprint density at radius 3 is 1.41 bits per heavy atom. The number of nitrogens with one attached hydrogen (secondary N) is 1. The summed E-state index contributed by atoms with van der Waals surface area (Å²) in [6.45, 7) is 39.0. The highest BCUT2D eigenvalue weighted by molar-refractivity contribution is 6.75. The number of hydrogen-bond donors (Lipinski definition) is 1. The zero-order valence-corrected chi connectivity index (χ0v) is 27.4. The Morgan fingerprint density at radius 1 is 0.656 bits per heavy atom. The lowest BCUT2D eigenvalue weighted by Crippen LogP contribution is -2.65. The lowest BCUT2D eigenvalue weighted by molar-refractivity contribution is -0.0483. The van der Waals surface area contributed by atoms with Gasteiger partial charge in [-0.1, -0.05) is 69.2 Å². The second-order valence-corrected chi connectivity index (χ2v) is 29.1. The SMILES string of the molecule is C[C@H]1CN[C@H](CO[Si](C)(C)C(C)(C)C)[C@@H](O[Si](C)(C)C(C)(C)C)[C@@H]1O[Si](C)(C)C(C)(C)C. The van der Waals surface area contributed by atoms with Gasteiger partial charge in [-0.3, -0.25) is 0 Å². The van der Waals surface area contributed by atoms with Gasteiger partial charge in [0.05, 0.1) is 24.9 Å². The minimum Gasteiger partial charge on any atom is -0.415 e. The summed E-state index contributed by atoms with van der Waals surface area (Å²) in [5.41, 5.74) is 0. The first kappa shape index (κ1) is 30.5. The molecule has 1 rings (SSSR count). The highest BCUT2D eigenvalue weighted by atomic mass is 28.4. The summed E-state index contributed by atoms with van der Waals surface area (Å²) in [5, 5.41) is 4.32. The first-order valence-electron chi connectivity index (χ1n) is 12.7. The maximum absolute atomic E-state index is 7.16. The standard InChI is InChI=1S/C25H57NO3Si3/c1-19-17-26-20(18-27-30(11,12)23(2,3)4)22(29-32(15,16)25(8,9)10)21(19)28-31(13,14)24(5,6)7/h19-22,26H,17-18H2,1-16H3/t19-,20+,21+,22+/m0/s1. The van der Waals surface area contributed by atoms with Crippen molar-refractivity contribution in [1.82, 2.24) is 5.32 Å². The van der Waals surface area contributed by atoms with E-state index in [9.17, 15) is 0 Å². The summed E-state index contributed by atoms with van der Waals surface area (Å²) in [4.78, 5) is 0. The third kappa shape index (κ3) is 7.25. The van der Waals surface area contributed by atoms with Crippen LogP contribution in [-0.2, 0) is 13.3 Å². The molecule has 1 aliphatic rings. The van der Waals surface area contributed by atoms with Crippen LogP contribution in [0.4, 0.5) is 0 Å². The van der Waals surface area contributed by atoms with Gasteiger partial charge in [-0.2, -0.15) is 0 Å². The molecule has 1 N–H and O–H groups in total. The van der Waals surface area contributed by atoms with Crippen LogP contribution in [0.1, 0.15) is 69.2 Å². The molecular weight excluding hydrogens is 447 g/mol. The van der Waals surface area contributed by atoms with E-state index in [0.717, 1.165) is 6.54 Å². The predicted octanol–water partition coefficient (Wildman–Crippen LogP) is 7.40. The van der Waals surface area contributed by atoms with Crippen LogP contribution >= 0.6 is 0 Å². The van der Waals surface area contributed by atoms with E-state index >= 15 is 0 Å². The van der Waals surface area contributed by atoms with Crippen molar-refractivity contribution in [2.75, 3.05) is 13.2 Å². The first-order chi connectivity index (χ1) is 13.9. The highest BCUT2D eigenvalue weighted by Gasteiger charge is 2.50. The van der Waals surface area contributed by atoms with Gasteiger partial charge >= 0.3 is 0 Å². The third-order valence-electron chi connectivity index (χ3n) is 8.89. The maximum atomic E-state index is 7.16. The Labute approximate surface area is 204 Å². The van der Waals surface area contributed by atoms with Gasteiger partial charge in [-0.15, -0.1) is 0 Å². The monoisotopic (exact) mass is 503 g/mol. The van der Waals surface area contributed by atoms with Crippen LogP contribution < -0.4 is 5.32 Å². The molecule has 0 aromatic rings. The quantitative estimate of drug-likeness (QED) is 0.367. The van der Waals surface area contributed by atoms with Crippen molar-refractivity contribution in [2.45, 2.75) is 142 Å². The number of hydrogen-bond acceptors (Lipinski definition) is 4. The Bertz CT molecular complexity index is 615. The summed E-state index contributed by atoms with van der Waals surface area (Å²) < 4.78 is 21.0. The Balaban J connectivity index is 3.30. The van der Waals surface area contributed by atoms with Crippen molar-refractivity contribution in [3.05, 3.63) is 0 Å². The Hall–Kier alpha value is 0.491. The van der Waals surface area contributed by atoms with Gasteiger partial charge in [0.15, 0.2) is 25.0 Å². The fourth-order valence-electron chi connectivity index (χ4n) is 3.16. The van der Waals surface area contributed by atoms with Crippen LogP contribution in [0.25, 0.3) is 0 Å². The van der Waals surface area contributed by atoms with Gasteiger partial charge in [0.2, 0.25) is 0 Å². The molecule has 0 aliphatic carbocycles. The summed E-state index contributed by atoms with van der Waals surface area (Å²) in [6.07, 6.45) is 0.109. The van der Waals surface area contributed by atoms with Gasteiger partial charge in [-0.25, -0.2) is 0 Å². The third-order valence-corrected chi connectivity index (χ3v) is 22.3. The van der Waals surface area contributed by atoms with E-state index in [1.165, 1.54) is 0 Å². The predicted molar refractivity (Wildman–Crippen MR) is 148 cm³/mol. The van der Waals surface area contributed by atoms with E-state index in [1.54, 1.807) is 0 Å². The summed E-state index contributed by atoms with van der Waals surface area (Å²) >= 11 is 0. The van der Waals surface area contributed by atoms with Crippen molar-refractivity contribution in [1.29, 1.82) is 0 Å². The molecule has 1 aliphatic heterocycles. The largest absolute Gasteiger partial charge is 0.415 e. The smallest absolute Gasteiger partial charge is 0.192 e. The molecule has 32 heavy (non-hydrogen) atoms. The molecule has 0 aromatic carbocycles. The topological polar surface area (TPSA) is 39.7 Å². The average Bonchev–Trinajstić information content (AvgIpc) is 2.54. The van der Waals surface area contributed by atoms with Crippen molar-refractivity contribution >= 4 is 25.0 Å². The van der Waals surface area contributed by atoms with Gasteiger partial charge in [0, 0.05) is 6.54 Å². The molecular formula is C25H57NO3Si3. The lowest BCUT2D eigenvalue weighted by Gasteiger charge is -2.51. The lowest BCUT2D eigenvalue weighted by atomic mass is 9.91. The Morgan fingerprint density at radius 2 is 1.03 bits per heavy atom. The minimum atomic E-state index is -1.99. The molecule has 0 bridgehead atoms. The van der Waals surface area contributed by atoms with Gasteiger partial charge < -0.3 is 18.6 Å². The van der Waals surface area contributed by atoms with Crippen LogP contribution in [0.2, 0.25) is 54.4 Å². The molecule has 4 atom stereocenters. The van der Waals surface area contributed by atoms with Crippen molar-refractivity contribution in [3.8, 4) is 0 Å². The fraction of sp³-hybridized carbons (Fsp3) is 1.00. The van der Waals surface area contributed by atoms with E-state index in [4.69, 9.17) is 13.3 Å². The molecule has 0 unspecified atom stereocenters. The van der Waals surface area contributed by atoms with E-state index in [1.807, 2.05) is 0 Å². The average molecular weight is 504 g/mol. The van der Waals surface area contributed by atoms with Crippen molar-refractivity contribution in [3.63, 3.8) is 0 Å². The van der Waals surface area contributed by atoms with Crippen LogP contribution in [0.15, 0.2) is 0 Å². The van der Waals surface area contributed by atoms with E-state index < -0.39 is 25.0 Å². The normalized spacial score (nSPS) is 27.0. The van der Waals surface area contributed by atoms with Gasteiger partial charge in [0.1, 0.15) is 0 Å². The number of piperidine rings is 1. The molecule has 1 saturated heterocycles. The second-order valence-electron chi connectivity index (χ2n) is 14.7. The van der Waals surface area contributed by atoms with Crippen LogP contribution in [0, 0.1) is 5.92 Å². The fourth-order valence-corrected chi connectivity index (χ4v) is 6.92. The molecule has 0 spiro atoms. The van der Waals surface area contributed by atoms with Crippen molar-refractivity contribution < 1.29 is 13.3 Å². The summed E-state index contributed by atoms with van der Waals surface area (Å²) in [6, 6.07) is 0.157. The van der Waals surface area contributed by atoms with Crippen molar-refractivity contribution in [2.24, 2.45) is 5.92 Å². The zero-order chi connectivity index (χ0) is 25.6. The molecule has 0 saturated carbocycles.